The summed E-state index contributed by atoms with van der Waals surface area (Å²) in [5, 5.41) is 1.38. The van der Waals surface area contributed by atoms with Crippen molar-refractivity contribution in [2.24, 2.45) is 0 Å². The first-order valence-electron chi connectivity index (χ1n) is 4.97. The molecule has 2 aromatic rings. The Labute approximate surface area is 118 Å². The minimum atomic E-state index is 0.438. The number of hydrogen-bond acceptors (Lipinski definition) is 1. The van der Waals surface area contributed by atoms with Crippen molar-refractivity contribution in [3.63, 3.8) is 0 Å². The molecule has 0 radical (unpaired) electrons. The van der Waals surface area contributed by atoms with Gasteiger partial charge in [-0.25, -0.2) is 0 Å². The zero-order valence-electron chi connectivity index (χ0n) is 8.79. The monoisotopic (exact) mass is 330 g/mol. The van der Waals surface area contributed by atoms with Crippen molar-refractivity contribution in [3.8, 4) is 5.75 Å². The van der Waals surface area contributed by atoms with Gasteiger partial charge in [0.1, 0.15) is 12.4 Å². The highest BCUT2D eigenvalue weighted by Gasteiger charge is 2.02. The van der Waals surface area contributed by atoms with Crippen LogP contribution in [0.1, 0.15) is 5.56 Å². The van der Waals surface area contributed by atoms with Crippen LogP contribution in [0.15, 0.2) is 46.9 Å². The molecule has 2 aromatic carbocycles. The van der Waals surface area contributed by atoms with Crippen LogP contribution in [0, 0.1) is 0 Å². The number of rotatable bonds is 3. The standard InChI is InChI=1S/C13H9BrCl2O/c14-10-2-1-9(13(16)7-10)8-17-12-5-3-11(15)4-6-12/h1-7H,8H2. The van der Waals surface area contributed by atoms with E-state index in [0.717, 1.165) is 15.8 Å². The molecular formula is C13H9BrCl2O. The van der Waals surface area contributed by atoms with E-state index < -0.39 is 0 Å². The molecule has 1 nitrogen and oxygen atoms in total. The van der Waals surface area contributed by atoms with Gasteiger partial charge in [0.2, 0.25) is 0 Å². The molecule has 0 aromatic heterocycles. The number of halogens is 3. The zero-order chi connectivity index (χ0) is 12.3. The predicted molar refractivity (Wildman–Crippen MR) is 74.9 cm³/mol. The summed E-state index contributed by atoms with van der Waals surface area (Å²) in [5.41, 5.74) is 0.949. The first-order valence-corrected chi connectivity index (χ1v) is 6.52. The van der Waals surface area contributed by atoms with Gasteiger partial charge >= 0.3 is 0 Å². The van der Waals surface area contributed by atoms with Crippen LogP contribution in [0.2, 0.25) is 10.0 Å². The number of ether oxygens (including phenoxy) is 1. The van der Waals surface area contributed by atoms with E-state index >= 15 is 0 Å². The quantitative estimate of drug-likeness (QED) is 0.738. The van der Waals surface area contributed by atoms with Gasteiger partial charge in [0.15, 0.2) is 0 Å². The Morgan fingerprint density at radius 3 is 2.35 bits per heavy atom. The average Bonchev–Trinajstić information content (AvgIpc) is 2.30. The molecule has 0 aliphatic heterocycles. The van der Waals surface area contributed by atoms with Crippen molar-refractivity contribution >= 4 is 39.1 Å². The molecule has 0 spiro atoms. The Bertz CT molecular complexity index is 511. The van der Waals surface area contributed by atoms with Crippen LogP contribution in [0.25, 0.3) is 0 Å². The maximum absolute atomic E-state index is 6.09. The molecule has 0 aliphatic rings. The lowest BCUT2D eigenvalue weighted by molar-refractivity contribution is 0.306. The molecule has 0 N–H and O–H groups in total. The fourth-order valence-corrected chi connectivity index (χ4v) is 2.18. The molecule has 0 saturated carbocycles. The Kier molecular flexibility index (Phi) is 4.32. The van der Waals surface area contributed by atoms with Gasteiger partial charge in [0.25, 0.3) is 0 Å². The Morgan fingerprint density at radius 2 is 1.71 bits per heavy atom. The summed E-state index contributed by atoms with van der Waals surface area (Å²) in [7, 11) is 0. The SMILES string of the molecule is Clc1ccc(OCc2ccc(Br)cc2Cl)cc1. The molecule has 0 aliphatic carbocycles. The van der Waals surface area contributed by atoms with E-state index in [0.29, 0.717) is 16.7 Å². The van der Waals surface area contributed by atoms with Gasteiger partial charge in [-0.3, -0.25) is 0 Å². The van der Waals surface area contributed by atoms with Gasteiger partial charge in [0, 0.05) is 20.1 Å². The topological polar surface area (TPSA) is 9.23 Å². The molecule has 0 fully saturated rings. The average molecular weight is 332 g/mol. The predicted octanol–water partition coefficient (Wildman–Crippen LogP) is 5.33. The van der Waals surface area contributed by atoms with Gasteiger partial charge in [-0.2, -0.15) is 0 Å². The third-order valence-corrected chi connectivity index (χ3v) is 3.32. The van der Waals surface area contributed by atoms with Crippen LogP contribution in [0.5, 0.6) is 5.75 Å². The second-order valence-electron chi connectivity index (χ2n) is 3.48. The maximum atomic E-state index is 6.09. The summed E-state index contributed by atoms with van der Waals surface area (Å²) in [6.45, 7) is 0.438. The van der Waals surface area contributed by atoms with Crippen LogP contribution in [0.4, 0.5) is 0 Å². The van der Waals surface area contributed by atoms with Gasteiger partial charge < -0.3 is 4.74 Å². The largest absolute Gasteiger partial charge is 0.489 e. The molecule has 4 heteroatoms. The minimum absolute atomic E-state index is 0.438. The highest BCUT2D eigenvalue weighted by molar-refractivity contribution is 9.10. The van der Waals surface area contributed by atoms with Gasteiger partial charge in [-0.15, -0.1) is 0 Å². The van der Waals surface area contributed by atoms with E-state index in [1.54, 1.807) is 12.1 Å². The summed E-state index contributed by atoms with van der Waals surface area (Å²) < 4.78 is 6.57. The first-order chi connectivity index (χ1) is 8.15. The van der Waals surface area contributed by atoms with E-state index in [1.807, 2.05) is 30.3 Å². The first kappa shape index (κ1) is 12.7. The number of benzene rings is 2. The van der Waals surface area contributed by atoms with Gasteiger partial charge in [0.05, 0.1) is 0 Å². The third kappa shape index (κ3) is 3.63. The summed E-state index contributed by atoms with van der Waals surface area (Å²) in [4.78, 5) is 0. The molecule has 0 heterocycles. The molecule has 0 unspecified atom stereocenters. The fraction of sp³-hybridized carbons (Fsp3) is 0.0769. The highest BCUT2D eigenvalue weighted by Crippen LogP contribution is 2.23. The molecule has 0 bridgehead atoms. The molecule has 0 atom stereocenters. The van der Waals surface area contributed by atoms with Crippen LogP contribution in [-0.2, 0) is 6.61 Å². The van der Waals surface area contributed by atoms with Gasteiger partial charge in [-0.05, 0) is 36.4 Å². The van der Waals surface area contributed by atoms with Crippen LogP contribution in [0.3, 0.4) is 0 Å². The van der Waals surface area contributed by atoms with E-state index in [-0.39, 0.29) is 0 Å². The van der Waals surface area contributed by atoms with Crippen LogP contribution >= 0.6 is 39.1 Å². The molecule has 2 rings (SSSR count). The van der Waals surface area contributed by atoms with Crippen LogP contribution < -0.4 is 4.74 Å². The second kappa shape index (κ2) is 5.76. The van der Waals surface area contributed by atoms with E-state index in [9.17, 15) is 0 Å². The summed E-state index contributed by atoms with van der Waals surface area (Å²) in [6, 6.07) is 13.0. The van der Waals surface area contributed by atoms with Gasteiger partial charge in [-0.1, -0.05) is 45.2 Å². The summed E-state index contributed by atoms with van der Waals surface area (Å²) in [6.07, 6.45) is 0. The van der Waals surface area contributed by atoms with Crippen molar-refractivity contribution in [1.29, 1.82) is 0 Å². The van der Waals surface area contributed by atoms with Crippen molar-refractivity contribution in [3.05, 3.63) is 62.5 Å². The summed E-state index contributed by atoms with van der Waals surface area (Å²) >= 11 is 15.2. The molecule has 88 valence electrons. The number of hydrogen-bond donors (Lipinski definition) is 0. The second-order valence-corrected chi connectivity index (χ2v) is 5.24. The molecule has 0 saturated heterocycles. The molecule has 17 heavy (non-hydrogen) atoms. The smallest absolute Gasteiger partial charge is 0.119 e. The lowest BCUT2D eigenvalue weighted by atomic mass is 10.2. The Balaban J connectivity index is 2.04. The lowest BCUT2D eigenvalue weighted by Crippen LogP contribution is -1.96. The van der Waals surface area contributed by atoms with E-state index in [2.05, 4.69) is 15.9 Å². The molecular weight excluding hydrogens is 323 g/mol. The lowest BCUT2D eigenvalue weighted by Gasteiger charge is -2.08. The van der Waals surface area contributed by atoms with Crippen molar-refractivity contribution in [2.45, 2.75) is 6.61 Å². The highest BCUT2D eigenvalue weighted by atomic mass is 79.9. The van der Waals surface area contributed by atoms with E-state index in [4.69, 9.17) is 27.9 Å². The van der Waals surface area contributed by atoms with E-state index in [1.165, 1.54) is 0 Å². The minimum Gasteiger partial charge on any atom is -0.489 e. The third-order valence-electron chi connectivity index (χ3n) is 2.22. The van der Waals surface area contributed by atoms with Crippen molar-refractivity contribution in [1.82, 2.24) is 0 Å². The Morgan fingerprint density at radius 1 is 1.00 bits per heavy atom. The normalized spacial score (nSPS) is 10.3. The Hall–Kier alpha value is -0.700. The maximum Gasteiger partial charge on any atom is 0.119 e. The van der Waals surface area contributed by atoms with Crippen LogP contribution in [-0.4, -0.2) is 0 Å². The molecule has 0 amide bonds. The zero-order valence-corrected chi connectivity index (χ0v) is 11.9. The summed E-state index contributed by atoms with van der Waals surface area (Å²) in [5.74, 6) is 0.772. The fourth-order valence-electron chi connectivity index (χ4n) is 1.33. The van der Waals surface area contributed by atoms with Crippen molar-refractivity contribution < 1.29 is 4.74 Å². The van der Waals surface area contributed by atoms with Crippen molar-refractivity contribution in [2.75, 3.05) is 0 Å².